The van der Waals surface area contributed by atoms with E-state index in [1.54, 1.807) is 23.9 Å². The Labute approximate surface area is 201 Å². The van der Waals surface area contributed by atoms with Crippen molar-refractivity contribution in [3.63, 3.8) is 0 Å². The number of carbonyl (C=O) groups excluding carboxylic acids is 2. The Kier molecular flexibility index (Phi) is 7.80. The molecule has 0 spiro atoms. The summed E-state index contributed by atoms with van der Waals surface area (Å²) in [5.41, 5.74) is 8.37. The Bertz CT molecular complexity index is 1120. The number of benzene rings is 2. The van der Waals surface area contributed by atoms with Gasteiger partial charge in [0.05, 0.1) is 5.56 Å². The first kappa shape index (κ1) is 23.5. The third kappa shape index (κ3) is 6.22. The van der Waals surface area contributed by atoms with Gasteiger partial charge in [0, 0.05) is 35.8 Å². The molecule has 0 aliphatic carbocycles. The summed E-state index contributed by atoms with van der Waals surface area (Å²) in [7, 11) is 0. The molecule has 2 aromatic carbocycles. The van der Waals surface area contributed by atoms with Gasteiger partial charge < -0.3 is 11.1 Å². The third-order valence-corrected chi connectivity index (χ3v) is 7.75. The molecule has 0 atom stereocenters. The van der Waals surface area contributed by atoms with Crippen LogP contribution in [0, 0.1) is 5.82 Å². The molecule has 2 heterocycles. The van der Waals surface area contributed by atoms with Crippen molar-refractivity contribution in [3.8, 4) is 0 Å². The monoisotopic (exact) mass is 483 g/mol. The molecule has 8 heteroatoms. The van der Waals surface area contributed by atoms with Gasteiger partial charge in [0.1, 0.15) is 10.8 Å². The quantitative estimate of drug-likeness (QED) is 0.330. The summed E-state index contributed by atoms with van der Waals surface area (Å²) in [5.74, 6) is -0.133. The number of hydrogen-bond donors (Lipinski definition) is 2. The molecule has 1 aromatic heterocycles. The lowest BCUT2D eigenvalue weighted by Gasteiger charge is -2.27. The summed E-state index contributed by atoms with van der Waals surface area (Å²) in [5, 5.41) is 3.48. The highest BCUT2D eigenvalue weighted by molar-refractivity contribution is 7.99. The van der Waals surface area contributed by atoms with E-state index in [0.29, 0.717) is 23.4 Å². The van der Waals surface area contributed by atoms with Crippen molar-refractivity contribution in [2.24, 2.45) is 5.73 Å². The van der Waals surface area contributed by atoms with E-state index >= 15 is 0 Å². The van der Waals surface area contributed by atoms with Gasteiger partial charge in [0.2, 0.25) is 5.91 Å². The molecular formula is C25H26FN3O2S2. The third-order valence-electron chi connectivity index (χ3n) is 5.51. The van der Waals surface area contributed by atoms with E-state index in [4.69, 9.17) is 5.73 Å². The molecule has 0 saturated carbocycles. The van der Waals surface area contributed by atoms with Crippen LogP contribution >= 0.6 is 23.1 Å². The zero-order valence-electron chi connectivity index (χ0n) is 18.2. The summed E-state index contributed by atoms with van der Waals surface area (Å²) in [4.78, 5) is 29.1. The first-order valence-electron chi connectivity index (χ1n) is 10.9. The van der Waals surface area contributed by atoms with Crippen LogP contribution in [0.4, 0.5) is 9.39 Å². The molecule has 0 bridgehead atoms. The molecule has 5 nitrogen and oxygen atoms in total. The highest BCUT2D eigenvalue weighted by Crippen LogP contribution is 2.37. The van der Waals surface area contributed by atoms with Crippen LogP contribution in [0.15, 0.2) is 59.5 Å². The highest BCUT2D eigenvalue weighted by atomic mass is 32.2. The molecule has 2 amide bonds. The first-order valence-corrected chi connectivity index (χ1v) is 12.7. The zero-order valence-corrected chi connectivity index (χ0v) is 19.8. The lowest BCUT2D eigenvalue weighted by Crippen LogP contribution is -2.30. The van der Waals surface area contributed by atoms with Crippen molar-refractivity contribution in [3.05, 3.63) is 82.0 Å². The van der Waals surface area contributed by atoms with Gasteiger partial charge in [-0.3, -0.25) is 14.5 Å². The lowest BCUT2D eigenvalue weighted by molar-refractivity contribution is -0.116. The fourth-order valence-corrected chi connectivity index (χ4v) is 6.09. The van der Waals surface area contributed by atoms with Gasteiger partial charge >= 0.3 is 0 Å². The smallest absolute Gasteiger partial charge is 0.251 e. The summed E-state index contributed by atoms with van der Waals surface area (Å²) in [6.45, 7) is 2.42. The van der Waals surface area contributed by atoms with Crippen molar-refractivity contribution in [2.45, 2.75) is 37.2 Å². The summed E-state index contributed by atoms with van der Waals surface area (Å²) >= 11 is 3.04. The lowest BCUT2D eigenvalue weighted by atomic mass is 10.0. The van der Waals surface area contributed by atoms with Crippen LogP contribution in [0.1, 0.15) is 39.2 Å². The Balaban J connectivity index is 1.34. The van der Waals surface area contributed by atoms with Gasteiger partial charge in [0.25, 0.3) is 5.91 Å². The molecule has 3 N–H and O–H groups in total. The number of amides is 2. The molecule has 4 rings (SSSR count). The summed E-state index contributed by atoms with van der Waals surface area (Å²) in [6.07, 6.45) is 1.76. The number of carbonyl (C=O) groups is 2. The minimum absolute atomic E-state index is 0.128. The molecule has 3 aromatic rings. The SMILES string of the molecule is NC(=O)c1c(NC(=O)CCCSc2ccc(F)cc2)sc2c1CCN(Cc1ccccc1)C2. The zero-order chi connectivity index (χ0) is 23.2. The van der Waals surface area contributed by atoms with Crippen molar-refractivity contribution in [2.75, 3.05) is 17.6 Å². The fourth-order valence-electron chi connectivity index (χ4n) is 3.92. The van der Waals surface area contributed by atoms with Gasteiger partial charge in [-0.25, -0.2) is 4.39 Å². The van der Waals surface area contributed by atoms with E-state index in [9.17, 15) is 14.0 Å². The Morgan fingerprint density at radius 2 is 1.88 bits per heavy atom. The standard InChI is InChI=1S/C25H26FN3O2S2/c26-18-8-10-19(11-9-18)32-14-4-7-22(30)28-25-23(24(27)31)20-12-13-29(16-21(20)33-25)15-17-5-2-1-3-6-17/h1-3,5-6,8-11H,4,7,12-16H2,(H2,27,31)(H,28,30). The number of halogens is 1. The number of anilines is 1. The Morgan fingerprint density at radius 3 is 2.61 bits per heavy atom. The summed E-state index contributed by atoms with van der Waals surface area (Å²) in [6, 6.07) is 16.6. The summed E-state index contributed by atoms with van der Waals surface area (Å²) < 4.78 is 13.0. The maximum atomic E-state index is 13.0. The van der Waals surface area contributed by atoms with E-state index in [0.717, 1.165) is 47.1 Å². The van der Waals surface area contributed by atoms with E-state index < -0.39 is 5.91 Å². The van der Waals surface area contributed by atoms with E-state index in [1.807, 2.05) is 18.2 Å². The number of fused-ring (bicyclic) bond motifs is 1. The van der Waals surface area contributed by atoms with Gasteiger partial charge in [-0.2, -0.15) is 0 Å². The molecular weight excluding hydrogens is 457 g/mol. The second-order valence-corrected chi connectivity index (χ2v) is 10.2. The largest absolute Gasteiger partial charge is 0.365 e. The van der Waals surface area contributed by atoms with Gasteiger partial charge in [-0.1, -0.05) is 30.3 Å². The van der Waals surface area contributed by atoms with Gasteiger partial charge in [0.15, 0.2) is 0 Å². The average molecular weight is 484 g/mol. The van der Waals surface area contributed by atoms with Crippen LogP contribution in [-0.4, -0.2) is 29.0 Å². The van der Waals surface area contributed by atoms with Crippen molar-refractivity contribution < 1.29 is 14.0 Å². The number of nitrogens with two attached hydrogens (primary N) is 1. The number of thioether (sulfide) groups is 1. The van der Waals surface area contributed by atoms with E-state index in [-0.39, 0.29) is 11.7 Å². The number of primary amides is 1. The maximum Gasteiger partial charge on any atom is 0.251 e. The maximum absolute atomic E-state index is 13.0. The number of rotatable bonds is 9. The first-order chi connectivity index (χ1) is 16.0. The highest BCUT2D eigenvalue weighted by Gasteiger charge is 2.27. The molecule has 33 heavy (non-hydrogen) atoms. The molecule has 1 aliphatic rings. The predicted molar refractivity (Wildman–Crippen MR) is 132 cm³/mol. The van der Waals surface area contributed by atoms with Crippen LogP contribution in [0.25, 0.3) is 0 Å². The predicted octanol–water partition coefficient (Wildman–Crippen LogP) is 5.06. The van der Waals surface area contributed by atoms with Crippen LogP contribution in [0.2, 0.25) is 0 Å². The van der Waals surface area contributed by atoms with Gasteiger partial charge in [-0.05, 0) is 54.0 Å². The average Bonchev–Trinajstić information content (AvgIpc) is 3.15. The van der Waals surface area contributed by atoms with Crippen LogP contribution in [0.5, 0.6) is 0 Å². The fraction of sp³-hybridized carbons (Fsp3) is 0.280. The molecule has 1 aliphatic heterocycles. The van der Waals surface area contributed by atoms with Crippen molar-refractivity contribution in [1.29, 1.82) is 0 Å². The second kappa shape index (κ2) is 11.0. The minimum atomic E-state index is -0.494. The minimum Gasteiger partial charge on any atom is -0.365 e. The molecule has 0 radical (unpaired) electrons. The number of nitrogens with zero attached hydrogens (tertiary/aromatic N) is 1. The number of thiophene rings is 1. The Hall–Kier alpha value is -2.68. The molecule has 172 valence electrons. The normalized spacial score (nSPS) is 13.5. The van der Waals surface area contributed by atoms with Crippen LogP contribution < -0.4 is 11.1 Å². The second-order valence-electron chi connectivity index (χ2n) is 7.97. The number of hydrogen-bond acceptors (Lipinski definition) is 5. The Morgan fingerprint density at radius 1 is 1.12 bits per heavy atom. The number of nitrogens with one attached hydrogen (secondary N) is 1. The van der Waals surface area contributed by atoms with Crippen LogP contribution in [-0.2, 0) is 24.3 Å². The van der Waals surface area contributed by atoms with Crippen LogP contribution in [0.3, 0.4) is 0 Å². The van der Waals surface area contributed by atoms with E-state index in [2.05, 4.69) is 22.3 Å². The van der Waals surface area contributed by atoms with Crippen molar-refractivity contribution >= 4 is 39.9 Å². The molecule has 0 fully saturated rings. The van der Waals surface area contributed by atoms with Crippen molar-refractivity contribution in [1.82, 2.24) is 4.90 Å². The molecule has 0 saturated heterocycles. The van der Waals surface area contributed by atoms with Gasteiger partial charge in [-0.15, -0.1) is 23.1 Å². The van der Waals surface area contributed by atoms with E-state index in [1.165, 1.54) is 29.0 Å². The topological polar surface area (TPSA) is 75.4 Å². The molecule has 0 unspecified atom stereocenters.